The highest BCUT2D eigenvalue weighted by Crippen LogP contribution is 2.22. The number of aryl methyl sites for hydroxylation is 1. The van der Waals surface area contributed by atoms with Crippen molar-refractivity contribution >= 4 is 34.9 Å². The van der Waals surface area contributed by atoms with Crippen LogP contribution in [0.3, 0.4) is 0 Å². The summed E-state index contributed by atoms with van der Waals surface area (Å²) in [5.41, 5.74) is 4.29. The Morgan fingerprint density at radius 2 is 1.73 bits per heavy atom. The summed E-state index contributed by atoms with van der Waals surface area (Å²) in [5.74, 6) is 0.329. The van der Waals surface area contributed by atoms with Gasteiger partial charge in [0.25, 0.3) is 5.56 Å². The molecule has 30 heavy (non-hydrogen) atoms. The van der Waals surface area contributed by atoms with Gasteiger partial charge >= 0.3 is 5.69 Å². The van der Waals surface area contributed by atoms with Crippen LogP contribution in [0.4, 0.5) is 5.95 Å². The van der Waals surface area contributed by atoms with E-state index in [0.717, 1.165) is 15.7 Å². The molecule has 0 radical (unpaired) electrons. The lowest BCUT2D eigenvalue weighted by Gasteiger charge is -2.10. The Labute approximate surface area is 176 Å². The van der Waals surface area contributed by atoms with Gasteiger partial charge in [-0.15, -0.1) is 0 Å². The molecule has 2 aromatic carbocycles. The van der Waals surface area contributed by atoms with Crippen LogP contribution < -0.4 is 16.7 Å². The summed E-state index contributed by atoms with van der Waals surface area (Å²) in [6.07, 6.45) is 1.65. The van der Waals surface area contributed by atoms with E-state index < -0.39 is 11.2 Å². The highest BCUT2D eigenvalue weighted by Gasteiger charge is 2.19. The number of hydrogen-bond acceptors (Lipinski definition) is 5. The molecule has 0 saturated heterocycles. The highest BCUT2D eigenvalue weighted by atomic mass is 35.5. The average molecular weight is 423 g/mol. The Bertz CT molecular complexity index is 1370. The Kier molecular flexibility index (Phi) is 5.24. The molecule has 0 aliphatic carbocycles. The van der Waals surface area contributed by atoms with Crippen molar-refractivity contribution in [3.8, 4) is 0 Å². The topological polar surface area (TPSA) is 86.2 Å². The SMILES string of the molecule is Cn1c(=O)c2c(nc(N/N=C/c3ccccc3)n2Cc2ccccc2Cl)n(C)c1=O. The summed E-state index contributed by atoms with van der Waals surface area (Å²) in [6, 6.07) is 16.9. The first-order chi connectivity index (χ1) is 14.5. The van der Waals surface area contributed by atoms with E-state index in [-0.39, 0.29) is 17.7 Å². The fraction of sp³-hybridized carbons (Fsp3) is 0.143. The van der Waals surface area contributed by atoms with Crippen molar-refractivity contribution in [3.05, 3.63) is 91.6 Å². The first kappa shape index (κ1) is 19.7. The van der Waals surface area contributed by atoms with Gasteiger partial charge in [0, 0.05) is 19.1 Å². The van der Waals surface area contributed by atoms with E-state index >= 15 is 0 Å². The average Bonchev–Trinajstić information content (AvgIpc) is 3.11. The number of anilines is 1. The number of rotatable bonds is 5. The first-order valence-corrected chi connectivity index (χ1v) is 9.59. The van der Waals surface area contributed by atoms with E-state index in [1.807, 2.05) is 48.5 Å². The smallest absolute Gasteiger partial charge is 0.298 e. The van der Waals surface area contributed by atoms with Crippen LogP contribution in [0.25, 0.3) is 11.2 Å². The lowest BCUT2D eigenvalue weighted by molar-refractivity contribution is 0.702. The van der Waals surface area contributed by atoms with Crippen molar-refractivity contribution in [2.24, 2.45) is 19.2 Å². The van der Waals surface area contributed by atoms with Crippen molar-refractivity contribution in [3.63, 3.8) is 0 Å². The van der Waals surface area contributed by atoms with Gasteiger partial charge in [0.05, 0.1) is 12.8 Å². The third-order valence-electron chi connectivity index (χ3n) is 4.81. The molecule has 8 nitrogen and oxygen atoms in total. The summed E-state index contributed by atoms with van der Waals surface area (Å²) < 4.78 is 4.08. The van der Waals surface area contributed by atoms with E-state index in [0.29, 0.717) is 11.0 Å². The second-order valence-electron chi connectivity index (χ2n) is 6.77. The maximum absolute atomic E-state index is 12.9. The van der Waals surface area contributed by atoms with Crippen LogP contribution >= 0.6 is 11.6 Å². The van der Waals surface area contributed by atoms with E-state index in [9.17, 15) is 9.59 Å². The molecule has 9 heteroatoms. The number of nitrogens with zero attached hydrogens (tertiary/aromatic N) is 5. The first-order valence-electron chi connectivity index (χ1n) is 9.21. The number of hydrogen-bond donors (Lipinski definition) is 1. The van der Waals surface area contributed by atoms with Crippen molar-refractivity contribution < 1.29 is 0 Å². The van der Waals surface area contributed by atoms with Gasteiger partial charge in [-0.2, -0.15) is 10.1 Å². The van der Waals surface area contributed by atoms with Crippen molar-refractivity contribution in [2.75, 3.05) is 5.43 Å². The molecule has 0 atom stereocenters. The van der Waals surface area contributed by atoms with Gasteiger partial charge in [0.1, 0.15) is 0 Å². The molecule has 0 bridgehead atoms. The summed E-state index contributed by atoms with van der Waals surface area (Å²) >= 11 is 6.33. The molecule has 1 N–H and O–H groups in total. The minimum atomic E-state index is -0.450. The van der Waals surface area contributed by atoms with Crippen molar-refractivity contribution in [1.29, 1.82) is 0 Å². The number of benzene rings is 2. The molecule has 0 amide bonds. The second-order valence-corrected chi connectivity index (χ2v) is 7.18. The lowest BCUT2D eigenvalue weighted by Crippen LogP contribution is -2.37. The van der Waals surface area contributed by atoms with Crippen LogP contribution in [0.2, 0.25) is 5.02 Å². The predicted octanol–water partition coefficient (Wildman–Crippen LogP) is 2.58. The third-order valence-corrected chi connectivity index (χ3v) is 5.18. The lowest BCUT2D eigenvalue weighted by atomic mass is 10.2. The number of halogens is 1. The summed E-state index contributed by atoms with van der Waals surface area (Å²) in [6.45, 7) is 0.285. The van der Waals surface area contributed by atoms with Gasteiger partial charge in [-0.1, -0.05) is 60.1 Å². The standard InChI is InChI=1S/C21H19ClN6O2/c1-26-18-17(19(29)27(2)21(26)30)28(13-15-10-6-7-11-16(15)22)20(24-18)25-23-12-14-8-4-3-5-9-14/h3-12H,13H2,1-2H3,(H,24,25)/b23-12+. The van der Waals surface area contributed by atoms with Gasteiger partial charge in [-0.3, -0.25) is 18.5 Å². The Morgan fingerprint density at radius 3 is 2.47 bits per heavy atom. The third kappa shape index (κ3) is 3.53. The molecule has 0 fully saturated rings. The number of fused-ring (bicyclic) bond motifs is 1. The molecule has 0 saturated carbocycles. The molecule has 4 aromatic rings. The van der Waals surface area contributed by atoms with E-state index in [2.05, 4.69) is 15.5 Å². The largest absolute Gasteiger partial charge is 0.332 e. The van der Waals surface area contributed by atoms with Crippen LogP contribution in [0.1, 0.15) is 11.1 Å². The number of imidazole rings is 1. The van der Waals surface area contributed by atoms with Gasteiger partial charge in [0.2, 0.25) is 5.95 Å². The predicted molar refractivity (Wildman–Crippen MR) is 118 cm³/mol. The number of hydrazone groups is 1. The fourth-order valence-electron chi connectivity index (χ4n) is 3.19. The molecule has 2 heterocycles. The van der Waals surface area contributed by atoms with Crippen molar-refractivity contribution in [1.82, 2.24) is 18.7 Å². The molecule has 2 aromatic heterocycles. The summed E-state index contributed by atoms with van der Waals surface area (Å²) in [5, 5.41) is 4.82. The molecular weight excluding hydrogens is 404 g/mol. The van der Waals surface area contributed by atoms with Gasteiger partial charge in [-0.05, 0) is 17.2 Å². The zero-order valence-corrected chi connectivity index (χ0v) is 17.2. The highest BCUT2D eigenvalue weighted by molar-refractivity contribution is 6.31. The Balaban J connectivity index is 1.86. The van der Waals surface area contributed by atoms with Crippen LogP contribution in [0, 0.1) is 0 Å². The molecule has 0 unspecified atom stereocenters. The van der Waals surface area contributed by atoms with Gasteiger partial charge in [0.15, 0.2) is 11.2 Å². The molecular formula is C21H19ClN6O2. The van der Waals surface area contributed by atoms with Gasteiger partial charge < -0.3 is 0 Å². The maximum atomic E-state index is 12.9. The zero-order valence-electron chi connectivity index (χ0n) is 16.4. The van der Waals surface area contributed by atoms with Crippen LogP contribution in [0.15, 0.2) is 69.3 Å². The quantitative estimate of drug-likeness (QED) is 0.395. The summed E-state index contributed by atoms with van der Waals surface area (Å²) in [4.78, 5) is 29.7. The molecule has 0 aliphatic rings. The minimum Gasteiger partial charge on any atom is -0.298 e. The zero-order chi connectivity index (χ0) is 21.3. The maximum Gasteiger partial charge on any atom is 0.332 e. The van der Waals surface area contributed by atoms with E-state index in [4.69, 9.17) is 11.6 Å². The monoisotopic (exact) mass is 422 g/mol. The van der Waals surface area contributed by atoms with E-state index in [1.165, 1.54) is 11.6 Å². The van der Waals surface area contributed by atoms with Crippen LogP contribution in [-0.4, -0.2) is 24.9 Å². The molecule has 0 spiro atoms. The molecule has 4 rings (SSSR count). The molecule has 152 valence electrons. The Hall–Kier alpha value is -3.65. The molecule has 0 aliphatic heterocycles. The van der Waals surface area contributed by atoms with Crippen LogP contribution in [0.5, 0.6) is 0 Å². The number of nitrogens with one attached hydrogen (secondary N) is 1. The number of aromatic nitrogens is 4. The van der Waals surface area contributed by atoms with Gasteiger partial charge in [-0.25, -0.2) is 10.2 Å². The minimum absolute atomic E-state index is 0.271. The second kappa shape index (κ2) is 8.00. The van der Waals surface area contributed by atoms with E-state index in [1.54, 1.807) is 23.9 Å². The normalized spacial score (nSPS) is 11.4. The fourth-order valence-corrected chi connectivity index (χ4v) is 3.38. The van der Waals surface area contributed by atoms with Crippen molar-refractivity contribution in [2.45, 2.75) is 6.54 Å². The Morgan fingerprint density at radius 1 is 1.03 bits per heavy atom. The summed E-state index contributed by atoms with van der Waals surface area (Å²) in [7, 11) is 3.02. The van der Waals surface area contributed by atoms with Crippen LogP contribution in [-0.2, 0) is 20.6 Å².